The fourth-order valence-corrected chi connectivity index (χ4v) is 1.79. The molecule has 2 N–H and O–H groups in total. The van der Waals surface area contributed by atoms with E-state index < -0.39 is 0 Å². The van der Waals surface area contributed by atoms with Crippen LogP contribution in [0.5, 0.6) is 11.5 Å². The predicted octanol–water partition coefficient (Wildman–Crippen LogP) is 2.21. The summed E-state index contributed by atoms with van der Waals surface area (Å²) in [6, 6.07) is 11.4. The van der Waals surface area contributed by atoms with E-state index in [9.17, 15) is 0 Å². The van der Waals surface area contributed by atoms with Gasteiger partial charge in [0.1, 0.15) is 11.5 Å². The topological polar surface area (TPSA) is 57.4 Å². The number of nitrogens with zero attached hydrogens (tertiary/aromatic N) is 1. The van der Waals surface area contributed by atoms with Crippen LogP contribution in [0.15, 0.2) is 48.8 Å². The van der Waals surface area contributed by atoms with Gasteiger partial charge in [0.05, 0.1) is 13.7 Å². The molecule has 1 heterocycles. The van der Waals surface area contributed by atoms with Gasteiger partial charge in [-0.05, 0) is 35.9 Å². The highest BCUT2D eigenvalue weighted by Gasteiger charge is 2.10. The van der Waals surface area contributed by atoms with Crippen molar-refractivity contribution in [3.05, 3.63) is 54.4 Å². The number of pyridine rings is 1. The number of ether oxygens (including phenoxy) is 2. The number of rotatable bonds is 6. The molecule has 100 valence electrons. The zero-order chi connectivity index (χ0) is 13.5. The lowest BCUT2D eigenvalue weighted by molar-refractivity contribution is 0.289. The summed E-state index contributed by atoms with van der Waals surface area (Å²) in [6.45, 7) is 1.07. The van der Waals surface area contributed by atoms with Crippen LogP contribution in [-0.2, 0) is 0 Å². The van der Waals surface area contributed by atoms with Crippen molar-refractivity contribution in [2.45, 2.75) is 5.92 Å². The minimum absolute atomic E-state index is 0.149. The smallest absolute Gasteiger partial charge is 0.119 e. The number of hydrogen-bond acceptors (Lipinski definition) is 4. The molecular weight excluding hydrogens is 240 g/mol. The van der Waals surface area contributed by atoms with Crippen LogP contribution in [0.3, 0.4) is 0 Å². The quantitative estimate of drug-likeness (QED) is 0.863. The summed E-state index contributed by atoms with van der Waals surface area (Å²) in [5, 5.41) is 0. The molecule has 0 saturated carbocycles. The first-order valence-electron chi connectivity index (χ1n) is 6.20. The first-order chi connectivity index (χ1) is 9.33. The molecule has 0 aliphatic carbocycles. The van der Waals surface area contributed by atoms with Crippen LogP contribution in [0.2, 0.25) is 0 Å². The molecular formula is C15H18N2O2. The first kappa shape index (κ1) is 13.4. The zero-order valence-electron chi connectivity index (χ0n) is 11.0. The van der Waals surface area contributed by atoms with Gasteiger partial charge in [-0.2, -0.15) is 0 Å². The van der Waals surface area contributed by atoms with E-state index in [4.69, 9.17) is 15.2 Å². The molecule has 0 fully saturated rings. The van der Waals surface area contributed by atoms with Gasteiger partial charge in [0.2, 0.25) is 0 Å². The molecule has 1 aromatic carbocycles. The molecule has 0 spiro atoms. The number of nitrogens with two attached hydrogens (primary N) is 1. The molecule has 0 bridgehead atoms. The van der Waals surface area contributed by atoms with Crippen molar-refractivity contribution < 1.29 is 9.47 Å². The summed E-state index contributed by atoms with van der Waals surface area (Å²) in [6.07, 6.45) is 3.58. The summed E-state index contributed by atoms with van der Waals surface area (Å²) in [5.74, 6) is 1.77. The Balaban J connectivity index is 1.96. The molecule has 1 aromatic heterocycles. The van der Waals surface area contributed by atoms with Gasteiger partial charge < -0.3 is 15.2 Å². The lowest BCUT2D eigenvalue weighted by Crippen LogP contribution is -2.19. The SMILES string of the molecule is COc1ccc(OCC(CN)c2cccnc2)cc1. The Hall–Kier alpha value is -2.07. The molecule has 2 rings (SSSR count). The van der Waals surface area contributed by atoms with Crippen LogP contribution in [0.1, 0.15) is 11.5 Å². The van der Waals surface area contributed by atoms with Crippen molar-refractivity contribution in [1.82, 2.24) is 4.98 Å². The second kappa shape index (κ2) is 6.75. The van der Waals surface area contributed by atoms with Crippen molar-refractivity contribution in [3.8, 4) is 11.5 Å². The number of benzene rings is 1. The van der Waals surface area contributed by atoms with E-state index in [0.717, 1.165) is 17.1 Å². The van der Waals surface area contributed by atoms with E-state index >= 15 is 0 Å². The van der Waals surface area contributed by atoms with E-state index in [1.807, 2.05) is 42.6 Å². The Morgan fingerprint density at radius 1 is 1.16 bits per heavy atom. The maximum absolute atomic E-state index is 5.79. The molecule has 0 amide bonds. The van der Waals surface area contributed by atoms with Crippen LogP contribution >= 0.6 is 0 Å². The average molecular weight is 258 g/mol. The van der Waals surface area contributed by atoms with E-state index in [2.05, 4.69) is 4.98 Å². The fraction of sp³-hybridized carbons (Fsp3) is 0.267. The Kier molecular flexibility index (Phi) is 4.75. The average Bonchev–Trinajstić information content (AvgIpc) is 2.49. The Morgan fingerprint density at radius 2 is 1.89 bits per heavy atom. The predicted molar refractivity (Wildman–Crippen MR) is 74.5 cm³/mol. The van der Waals surface area contributed by atoms with Gasteiger partial charge in [0, 0.05) is 24.9 Å². The Labute approximate surface area is 113 Å². The molecule has 0 saturated heterocycles. The van der Waals surface area contributed by atoms with Gasteiger partial charge in [-0.25, -0.2) is 0 Å². The summed E-state index contributed by atoms with van der Waals surface area (Å²) < 4.78 is 10.9. The minimum Gasteiger partial charge on any atom is -0.497 e. The highest BCUT2D eigenvalue weighted by molar-refractivity contribution is 5.31. The number of methoxy groups -OCH3 is 1. The molecule has 0 radical (unpaired) electrons. The summed E-state index contributed by atoms with van der Waals surface area (Å²) in [5.41, 5.74) is 6.88. The largest absolute Gasteiger partial charge is 0.497 e. The Morgan fingerprint density at radius 3 is 2.47 bits per heavy atom. The zero-order valence-corrected chi connectivity index (χ0v) is 11.0. The van der Waals surface area contributed by atoms with Gasteiger partial charge in [-0.3, -0.25) is 4.98 Å². The maximum atomic E-state index is 5.79. The van der Waals surface area contributed by atoms with Crippen LogP contribution < -0.4 is 15.2 Å². The van der Waals surface area contributed by atoms with Crippen molar-refractivity contribution in [2.75, 3.05) is 20.3 Å². The van der Waals surface area contributed by atoms with Crippen molar-refractivity contribution >= 4 is 0 Å². The maximum Gasteiger partial charge on any atom is 0.119 e. The third kappa shape index (κ3) is 3.69. The summed E-state index contributed by atoms with van der Waals surface area (Å²) in [4.78, 5) is 4.10. The second-order valence-electron chi connectivity index (χ2n) is 4.21. The summed E-state index contributed by atoms with van der Waals surface area (Å²) >= 11 is 0. The number of hydrogen-bond donors (Lipinski definition) is 1. The third-order valence-corrected chi connectivity index (χ3v) is 2.95. The van der Waals surface area contributed by atoms with Gasteiger partial charge >= 0.3 is 0 Å². The molecule has 1 atom stereocenters. The van der Waals surface area contributed by atoms with Crippen LogP contribution in [0.4, 0.5) is 0 Å². The van der Waals surface area contributed by atoms with E-state index in [1.54, 1.807) is 13.3 Å². The minimum atomic E-state index is 0.149. The standard InChI is InChI=1S/C15H18N2O2/c1-18-14-4-6-15(7-5-14)19-11-13(9-16)12-3-2-8-17-10-12/h2-8,10,13H,9,11,16H2,1H3. The third-order valence-electron chi connectivity index (χ3n) is 2.95. The second-order valence-corrected chi connectivity index (χ2v) is 4.21. The van der Waals surface area contributed by atoms with Crippen LogP contribution in [0.25, 0.3) is 0 Å². The molecule has 0 aliphatic rings. The van der Waals surface area contributed by atoms with E-state index in [1.165, 1.54) is 0 Å². The van der Waals surface area contributed by atoms with Gasteiger partial charge in [0.25, 0.3) is 0 Å². The number of aromatic nitrogens is 1. The molecule has 4 heteroatoms. The molecule has 1 unspecified atom stereocenters. The molecule has 19 heavy (non-hydrogen) atoms. The van der Waals surface area contributed by atoms with Gasteiger partial charge in [0.15, 0.2) is 0 Å². The van der Waals surface area contributed by atoms with Crippen molar-refractivity contribution in [2.24, 2.45) is 5.73 Å². The first-order valence-corrected chi connectivity index (χ1v) is 6.20. The lowest BCUT2D eigenvalue weighted by atomic mass is 10.0. The van der Waals surface area contributed by atoms with E-state index in [0.29, 0.717) is 13.2 Å². The van der Waals surface area contributed by atoms with Crippen molar-refractivity contribution in [1.29, 1.82) is 0 Å². The highest BCUT2D eigenvalue weighted by Crippen LogP contribution is 2.19. The monoisotopic (exact) mass is 258 g/mol. The van der Waals surface area contributed by atoms with Crippen LogP contribution in [0, 0.1) is 0 Å². The fourth-order valence-electron chi connectivity index (χ4n) is 1.79. The van der Waals surface area contributed by atoms with E-state index in [-0.39, 0.29) is 5.92 Å². The summed E-state index contributed by atoms with van der Waals surface area (Å²) in [7, 11) is 1.64. The van der Waals surface area contributed by atoms with Gasteiger partial charge in [-0.1, -0.05) is 6.07 Å². The molecule has 4 nitrogen and oxygen atoms in total. The highest BCUT2D eigenvalue weighted by atomic mass is 16.5. The molecule has 0 aliphatic heterocycles. The van der Waals surface area contributed by atoms with Crippen LogP contribution in [-0.4, -0.2) is 25.2 Å². The normalized spacial score (nSPS) is 11.9. The van der Waals surface area contributed by atoms with Crippen molar-refractivity contribution in [3.63, 3.8) is 0 Å². The van der Waals surface area contributed by atoms with Gasteiger partial charge in [-0.15, -0.1) is 0 Å². The molecule has 2 aromatic rings. The Bertz CT molecular complexity index is 485. The lowest BCUT2D eigenvalue weighted by Gasteiger charge is -2.16.